The van der Waals surface area contributed by atoms with Gasteiger partial charge in [0.2, 0.25) is 11.8 Å². The maximum Gasteiger partial charge on any atom is 0.437 e. The Kier molecular flexibility index (Phi) is 5.68. The van der Waals surface area contributed by atoms with Gasteiger partial charge in [-0.3, -0.25) is 9.69 Å². The van der Waals surface area contributed by atoms with Gasteiger partial charge in [0.05, 0.1) is 6.04 Å². The summed E-state index contributed by atoms with van der Waals surface area (Å²) in [5.41, 5.74) is 0.700. The van der Waals surface area contributed by atoms with E-state index in [1.807, 2.05) is 24.3 Å². The van der Waals surface area contributed by atoms with Crippen molar-refractivity contribution in [3.05, 3.63) is 63.3 Å². The largest absolute Gasteiger partial charge is 0.437 e. The third-order valence-corrected chi connectivity index (χ3v) is 5.84. The number of carbonyl (C=O) groups excluding carboxylic acids is 1. The molecule has 1 amide bonds. The Morgan fingerprint density at radius 2 is 1.96 bits per heavy atom. The van der Waals surface area contributed by atoms with E-state index in [9.17, 15) is 9.59 Å². The molecule has 0 saturated carbocycles. The number of thiophene rings is 1. The third-order valence-electron chi connectivity index (χ3n) is 4.87. The molecule has 1 fully saturated rings. The molecule has 1 N–H and O–H groups in total. The minimum Gasteiger partial charge on any atom is -0.388 e. The first kappa shape index (κ1) is 18.6. The number of hydrogen-bond donors (Lipinski definition) is 1. The Hall–Kier alpha value is -2.71. The molecule has 28 heavy (non-hydrogen) atoms. The molecule has 3 aromatic rings. The molecule has 146 valence electrons. The van der Waals surface area contributed by atoms with Crippen LogP contribution in [0.3, 0.4) is 0 Å². The number of amides is 1. The van der Waals surface area contributed by atoms with Gasteiger partial charge < -0.3 is 9.73 Å². The van der Waals surface area contributed by atoms with E-state index in [1.165, 1.54) is 17.7 Å². The van der Waals surface area contributed by atoms with Gasteiger partial charge in [-0.25, -0.2) is 4.79 Å². The topological polar surface area (TPSA) is 80.4 Å². The van der Waals surface area contributed by atoms with E-state index in [0.29, 0.717) is 12.1 Å². The summed E-state index contributed by atoms with van der Waals surface area (Å²) < 4.78 is 6.24. The van der Waals surface area contributed by atoms with Gasteiger partial charge in [0.15, 0.2) is 0 Å². The zero-order valence-electron chi connectivity index (χ0n) is 15.4. The summed E-state index contributed by atoms with van der Waals surface area (Å²) in [6.45, 7) is 2.44. The van der Waals surface area contributed by atoms with Crippen molar-refractivity contribution in [2.75, 3.05) is 19.6 Å². The molecule has 0 unspecified atom stereocenters. The lowest BCUT2D eigenvalue weighted by molar-refractivity contribution is -0.122. The second kappa shape index (κ2) is 8.53. The van der Waals surface area contributed by atoms with Gasteiger partial charge in [0, 0.05) is 17.0 Å². The van der Waals surface area contributed by atoms with Crippen LogP contribution in [-0.4, -0.2) is 40.2 Å². The van der Waals surface area contributed by atoms with Crippen LogP contribution in [0.25, 0.3) is 11.5 Å². The standard InChI is InChI=1S/C20H22N4O3S/c25-18(14-24-20(26)27-19(22-24)15-7-2-1-3-8-15)21-13-16(17-9-6-12-28-17)23-10-4-5-11-23/h1-3,6-9,12,16H,4-5,10-11,13-14H2,(H,21,25)/t16-/m1/s1. The van der Waals surface area contributed by atoms with E-state index < -0.39 is 5.76 Å². The molecule has 2 aromatic heterocycles. The molecule has 1 aliphatic rings. The van der Waals surface area contributed by atoms with E-state index in [4.69, 9.17) is 4.42 Å². The molecule has 4 rings (SSSR count). The van der Waals surface area contributed by atoms with E-state index in [-0.39, 0.29) is 24.4 Å². The lowest BCUT2D eigenvalue weighted by atomic mass is 10.2. The summed E-state index contributed by atoms with van der Waals surface area (Å²) in [6.07, 6.45) is 2.37. The predicted molar refractivity (Wildman–Crippen MR) is 107 cm³/mol. The van der Waals surface area contributed by atoms with Gasteiger partial charge in [-0.15, -0.1) is 16.4 Å². The van der Waals surface area contributed by atoms with Crippen LogP contribution in [0.2, 0.25) is 0 Å². The number of nitrogens with one attached hydrogen (secondary N) is 1. The Bertz CT molecular complexity index is 959. The molecule has 1 aromatic carbocycles. The first-order chi connectivity index (χ1) is 13.7. The highest BCUT2D eigenvalue weighted by molar-refractivity contribution is 7.10. The van der Waals surface area contributed by atoms with Crippen molar-refractivity contribution in [3.8, 4) is 11.5 Å². The number of nitrogens with zero attached hydrogens (tertiary/aromatic N) is 3. The van der Waals surface area contributed by atoms with Gasteiger partial charge in [-0.05, 0) is 49.5 Å². The molecule has 3 heterocycles. The van der Waals surface area contributed by atoms with E-state index in [1.54, 1.807) is 23.5 Å². The molecule has 1 atom stereocenters. The zero-order chi connectivity index (χ0) is 19.3. The van der Waals surface area contributed by atoms with Crippen LogP contribution in [0.4, 0.5) is 0 Å². The molecule has 7 nitrogen and oxygen atoms in total. The van der Waals surface area contributed by atoms with Crippen molar-refractivity contribution in [2.45, 2.75) is 25.4 Å². The van der Waals surface area contributed by atoms with E-state index in [0.717, 1.165) is 17.8 Å². The SMILES string of the molecule is O=C(Cn1nc(-c2ccccc2)oc1=O)NC[C@H](c1cccs1)N1CCCC1. The third kappa shape index (κ3) is 4.23. The number of aromatic nitrogens is 2. The zero-order valence-corrected chi connectivity index (χ0v) is 16.2. The smallest absolute Gasteiger partial charge is 0.388 e. The molecule has 1 saturated heterocycles. The van der Waals surface area contributed by atoms with Crippen molar-refractivity contribution < 1.29 is 9.21 Å². The molecule has 0 aliphatic carbocycles. The highest BCUT2D eigenvalue weighted by atomic mass is 32.1. The van der Waals surface area contributed by atoms with Gasteiger partial charge in [-0.1, -0.05) is 24.3 Å². The van der Waals surface area contributed by atoms with Crippen LogP contribution >= 0.6 is 11.3 Å². The second-order valence-corrected chi connectivity index (χ2v) is 7.75. The fraction of sp³-hybridized carbons (Fsp3) is 0.350. The van der Waals surface area contributed by atoms with Crippen LogP contribution < -0.4 is 11.1 Å². The fourth-order valence-electron chi connectivity index (χ4n) is 3.45. The lowest BCUT2D eigenvalue weighted by Crippen LogP contribution is -2.38. The van der Waals surface area contributed by atoms with Gasteiger partial charge >= 0.3 is 5.76 Å². The molecule has 8 heteroatoms. The number of rotatable bonds is 7. The second-order valence-electron chi connectivity index (χ2n) is 6.78. The normalized spacial score (nSPS) is 15.6. The first-order valence-electron chi connectivity index (χ1n) is 9.38. The summed E-state index contributed by atoms with van der Waals surface area (Å²) in [6, 6.07) is 13.5. The van der Waals surface area contributed by atoms with Crippen molar-refractivity contribution in [3.63, 3.8) is 0 Å². The van der Waals surface area contributed by atoms with Gasteiger partial charge in [-0.2, -0.15) is 4.68 Å². The Balaban J connectivity index is 1.40. The Morgan fingerprint density at radius 1 is 1.18 bits per heavy atom. The molecular formula is C20H22N4O3S. The summed E-state index contributed by atoms with van der Waals surface area (Å²) in [7, 11) is 0. The van der Waals surface area contributed by atoms with Crippen LogP contribution in [0.1, 0.15) is 23.8 Å². The van der Waals surface area contributed by atoms with Gasteiger partial charge in [0.25, 0.3) is 0 Å². The number of likely N-dealkylation sites (tertiary alicyclic amines) is 1. The highest BCUT2D eigenvalue weighted by Gasteiger charge is 2.25. The van der Waals surface area contributed by atoms with E-state index >= 15 is 0 Å². The van der Waals surface area contributed by atoms with Crippen LogP contribution in [0, 0.1) is 0 Å². The minimum atomic E-state index is -0.636. The Labute approximate surface area is 166 Å². The molecule has 0 bridgehead atoms. The van der Waals surface area contributed by atoms with Crippen LogP contribution in [-0.2, 0) is 11.3 Å². The first-order valence-corrected chi connectivity index (χ1v) is 10.3. The van der Waals surface area contributed by atoms with Crippen molar-refractivity contribution in [1.29, 1.82) is 0 Å². The van der Waals surface area contributed by atoms with Crippen molar-refractivity contribution in [1.82, 2.24) is 20.0 Å². The monoisotopic (exact) mass is 398 g/mol. The van der Waals surface area contributed by atoms with Crippen LogP contribution in [0.15, 0.2) is 57.1 Å². The predicted octanol–water partition coefficient (Wildman–Crippen LogP) is 2.52. The highest BCUT2D eigenvalue weighted by Crippen LogP contribution is 2.27. The molecule has 0 spiro atoms. The number of hydrogen-bond acceptors (Lipinski definition) is 6. The van der Waals surface area contributed by atoms with E-state index in [2.05, 4.69) is 26.8 Å². The molecule has 0 radical (unpaired) electrons. The number of carbonyl (C=O) groups is 1. The average molecular weight is 398 g/mol. The number of benzene rings is 1. The molecular weight excluding hydrogens is 376 g/mol. The summed E-state index contributed by atoms with van der Waals surface area (Å²) in [4.78, 5) is 28.1. The van der Waals surface area contributed by atoms with Gasteiger partial charge in [0.1, 0.15) is 6.54 Å². The molecule has 1 aliphatic heterocycles. The Morgan fingerprint density at radius 3 is 2.68 bits per heavy atom. The average Bonchev–Trinajstić information content (AvgIpc) is 3.47. The summed E-state index contributed by atoms with van der Waals surface area (Å²) in [5.74, 6) is -0.675. The fourth-order valence-corrected chi connectivity index (χ4v) is 4.31. The maximum absolute atomic E-state index is 12.4. The van der Waals surface area contributed by atoms with Crippen molar-refractivity contribution in [2.24, 2.45) is 0 Å². The summed E-state index contributed by atoms with van der Waals surface area (Å²) >= 11 is 1.70. The minimum absolute atomic E-state index is 0.160. The maximum atomic E-state index is 12.4. The lowest BCUT2D eigenvalue weighted by Gasteiger charge is -2.26. The van der Waals surface area contributed by atoms with Crippen LogP contribution in [0.5, 0.6) is 0 Å². The van der Waals surface area contributed by atoms with Crippen molar-refractivity contribution >= 4 is 17.2 Å². The quantitative estimate of drug-likeness (QED) is 0.661. The summed E-state index contributed by atoms with van der Waals surface area (Å²) in [5, 5.41) is 9.16.